The fraction of sp³-hybridized carbons (Fsp3) is 0.0930. The van der Waals surface area contributed by atoms with Gasteiger partial charge in [-0.1, -0.05) is 56.9 Å². The smallest absolute Gasteiger partial charge is 0.338 e. The van der Waals surface area contributed by atoms with Crippen molar-refractivity contribution in [3.8, 4) is 46.0 Å². The van der Waals surface area contributed by atoms with Crippen molar-refractivity contribution in [2.45, 2.75) is 27.7 Å². The lowest BCUT2D eigenvalue weighted by atomic mass is 10.00. The molecule has 3 aromatic carbocycles. The Bertz CT molecular complexity index is 2120. The summed E-state index contributed by atoms with van der Waals surface area (Å²) in [5.41, 5.74) is 1.76. The minimum absolute atomic E-state index is 0.0149. The second kappa shape index (κ2) is 19.9. The Morgan fingerprint density at radius 2 is 1.07 bits per heavy atom. The van der Waals surface area contributed by atoms with Gasteiger partial charge in [-0.15, -0.1) is 0 Å². The van der Waals surface area contributed by atoms with E-state index in [0.29, 0.717) is 22.6 Å². The fourth-order valence-electron chi connectivity index (χ4n) is 3.71. The number of benzene rings is 3. The van der Waals surface area contributed by atoms with E-state index in [1.807, 2.05) is 0 Å². The molecule has 0 atom stereocenters. The van der Waals surface area contributed by atoms with Gasteiger partial charge in [0.2, 0.25) is 0 Å². The van der Waals surface area contributed by atoms with Gasteiger partial charge in [0, 0.05) is 28.3 Å². The van der Waals surface area contributed by atoms with E-state index in [4.69, 9.17) is 33.2 Å². The molecule has 0 bridgehead atoms. The molecular weight excluding hydrogens is 695 g/mol. The van der Waals surface area contributed by atoms with Crippen molar-refractivity contribution in [3.63, 3.8) is 0 Å². The molecule has 0 aromatic heterocycles. The second-order valence-corrected chi connectivity index (χ2v) is 11.3. The third kappa shape index (κ3) is 12.5. The van der Waals surface area contributed by atoms with Crippen molar-refractivity contribution in [1.29, 1.82) is 0 Å². The van der Waals surface area contributed by atoms with Crippen LogP contribution in [-0.4, -0.2) is 17.9 Å². The van der Waals surface area contributed by atoms with Crippen LogP contribution in [0.25, 0.3) is 11.1 Å². The van der Waals surface area contributed by atoms with Gasteiger partial charge in [-0.25, -0.2) is 18.8 Å². The molecule has 0 aliphatic heterocycles. The first-order valence-electron chi connectivity index (χ1n) is 15.8. The Kier molecular flexibility index (Phi) is 15.2. The van der Waals surface area contributed by atoms with Crippen LogP contribution in [0.3, 0.4) is 0 Å². The van der Waals surface area contributed by atoms with E-state index in [0.717, 1.165) is 31.3 Å². The first kappa shape index (κ1) is 41.1. The highest BCUT2D eigenvalue weighted by Crippen LogP contribution is 2.41. The summed E-state index contributed by atoms with van der Waals surface area (Å²) in [5, 5.41) is 0. The van der Waals surface area contributed by atoms with Crippen LogP contribution in [0.15, 0.2) is 153 Å². The predicted octanol–water partition coefficient (Wildman–Crippen LogP) is 9.27. The number of rotatable bonds is 16. The third-order valence-corrected chi connectivity index (χ3v) is 6.57. The molecule has 3 aromatic rings. The molecule has 0 saturated carbocycles. The quantitative estimate of drug-likeness (QED) is 0.0352. The molecule has 0 fully saturated rings. The number of allylic oxidation sites excluding steroid dienone is 1. The van der Waals surface area contributed by atoms with E-state index in [-0.39, 0.29) is 50.7 Å². The molecule has 54 heavy (non-hydrogen) atoms. The standard InChI is InChI=1S/C43H37FO10/c1-27(2)31(9)48-20-23-51-40-34(13-10-32-11-16-35(17-12-32)49-21-24-52-41(45)28(3)4)26-37(54-43(47)30(7)8)38(39(40)44)33-14-18-36(19-15-33)50-22-25-53-42(46)29(5)6/h11-12,14-26H,1,3,5,7,9H2,2,4,6,8H3/b23-20+,24-21+,25-22+. The predicted molar refractivity (Wildman–Crippen MR) is 201 cm³/mol. The highest BCUT2D eigenvalue weighted by atomic mass is 19.1. The molecule has 3 rings (SSSR count). The van der Waals surface area contributed by atoms with Crippen LogP contribution in [0, 0.1) is 17.7 Å². The molecule has 0 spiro atoms. The second-order valence-electron chi connectivity index (χ2n) is 11.3. The van der Waals surface area contributed by atoms with E-state index in [2.05, 4.69) is 44.7 Å². The van der Waals surface area contributed by atoms with Gasteiger partial charge in [0.25, 0.3) is 0 Å². The van der Waals surface area contributed by atoms with Crippen LogP contribution in [0.4, 0.5) is 4.39 Å². The Balaban J connectivity index is 2.04. The van der Waals surface area contributed by atoms with Crippen LogP contribution in [-0.2, 0) is 28.6 Å². The number of carbonyl (C=O) groups is 3. The van der Waals surface area contributed by atoms with Crippen LogP contribution < -0.4 is 18.9 Å². The Labute approximate surface area is 313 Å². The van der Waals surface area contributed by atoms with E-state index >= 15 is 4.39 Å². The molecule has 0 amide bonds. The van der Waals surface area contributed by atoms with E-state index in [1.165, 1.54) is 57.4 Å². The zero-order valence-electron chi connectivity index (χ0n) is 30.2. The minimum Gasteiger partial charge on any atom is -0.462 e. The lowest BCUT2D eigenvalue weighted by molar-refractivity contribution is -0.134. The number of ether oxygens (including phenoxy) is 7. The van der Waals surface area contributed by atoms with Gasteiger partial charge in [0.1, 0.15) is 60.6 Å². The molecule has 0 aliphatic rings. The molecule has 276 valence electrons. The summed E-state index contributed by atoms with van der Waals surface area (Å²) < 4.78 is 54.0. The van der Waals surface area contributed by atoms with Crippen LogP contribution in [0.2, 0.25) is 0 Å². The Morgan fingerprint density at radius 3 is 1.57 bits per heavy atom. The number of halogens is 1. The largest absolute Gasteiger partial charge is 0.462 e. The van der Waals surface area contributed by atoms with E-state index in [1.54, 1.807) is 31.2 Å². The summed E-state index contributed by atoms with van der Waals surface area (Å²) in [5.74, 6) is 3.39. The van der Waals surface area contributed by atoms with Crippen molar-refractivity contribution >= 4 is 17.9 Å². The van der Waals surface area contributed by atoms with Gasteiger partial charge >= 0.3 is 17.9 Å². The van der Waals surface area contributed by atoms with Crippen molar-refractivity contribution in [2.75, 3.05) is 0 Å². The first-order chi connectivity index (χ1) is 25.7. The molecule has 0 saturated heterocycles. The molecule has 11 heteroatoms. The van der Waals surface area contributed by atoms with Crippen LogP contribution in [0.1, 0.15) is 38.8 Å². The third-order valence-electron chi connectivity index (χ3n) is 6.57. The summed E-state index contributed by atoms with van der Waals surface area (Å²) in [6.45, 7) is 24.3. The van der Waals surface area contributed by atoms with Crippen molar-refractivity contribution < 1.29 is 51.9 Å². The van der Waals surface area contributed by atoms with Gasteiger partial charge in [-0.05, 0) is 75.2 Å². The highest BCUT2D eigenvalue weighted by molar-refractivity contribution is 5.91. The zero-order valence-corrected chi connectivity index (χ0v) is 30.2. The van der Waals surface area contributed by atoms with E-state index < -0.39 is 23.7 Å². The maximum atomic E-state index is 16.7. The van der Waals surface area contributed by atoms with Gasteiger partial charge in [0.05, 0.1) is 11.1 Å². The number of esters is 3. The molecule has 0 radical (unpaired) electrons. The number of hydrogen-bond acceptors (Lipinski definition) is 10. The van der Waals surface area contributed by atoms with Crippen molar-refractivity contribution in [1.82, 2.24) is 0 Å². The van der Waals surface area contributed by atoms with Gasteiger partial charge in [-0.2, -0.15) is 0 Å². The van der Waals surface area contributed by atoms with Crippen LogP contribution >= 0.6 is 0 Å². The fourth-order valence-corrected chi connectivity index (χ4v) is 3.71. The summed E-state index contributed by atoms with van der Waals surface area (Å²) in [7, 11) is 0. The summed E-state index contributed by atoms with van der Waals surface area (Å²) >= 11 is 0. The van der Waals surface area contributed by atoms with Crippen molar-refractivity contribution in [3.05, 3.63) is 170 Å². The Hall–Kier alpha value is -7.32. The molecule has 0 N–H and O–H groups in total. The van der Waals surface area contributed by atoms with Gasteiger partial charge in [-0.3, -0.25) is 0 Å². The average molecular weight is 733 g/mol. The van der Waals surface area contributed by atoms with Gasteiger partial charge in [0.15, 0.2) is 11.6 Å². The molecule has 0 unspecified atom stereocenters. The lowest BCUT2D eigenvalue weighted by Gasteiger charge is -2.16. The summed E-state index contributed by atoms with van der Waals surface area (Å²) in [6, 6.07) is 14.0. The van der Waals surface area contributed by atoms with Crippen LogP contribution in [0.5, 0.6) is 23.0 Å². The summed E-state index contributed by atoms with van der Waals surface area (Å²) in [6.07, 6.45) is 6.73. The highest BCUT2D eigenvalue weighted by Gasteiger charge is 2.23. The minimum atomic E-state index is -0.919. The SMILES string of the molecule is C=C(C)C(=C)O/C=C/Oc1c(C#Cc2ccc(O/C=C/OC(=O)C(=C)C)cc2)cc(OC(=O)C(=C)C)c(-c2ccc(O/C=C/OC(=O)C(=C)C)cc2)c1F. The number of carbonyl (C=O) groups excluding carboxylic acids is 3. The molecule has 0 aliphatic carbocycles. The topological polar surface area (TPSA) is 116 Å². The average Bonchev–Trinajstić information content (AvgIpc) is 3.13. The van der Waals surface area contributed by atoms with Gasteiger partial charge < -0.3 is 33.2 Å². The maximum absolute atomic E-state index is 16.7. The maximum Gasteiger partial charge on any atom is 0.338 e. The molecule has 10 nitrogen and oxygen atoms in total. The number of hydrogen-bond donors (Lipinski definition) is 0. The first-order valence-corrected chi connectivity index (χ1v) is 15.8. The normalized spacial score (nSPS) is 10.5. The summed E-state index contributed by atoms with van der Waals surface area (Å²) in [4.78, 5) is 35.8. The Morgan fingerprint density at radius 1 is 0.593 bits per heavy atom. The van der Waals surface area contributed by atoms with E-state index in [9.17, 15) is 14.4 Å². The zero-order chi connectivity index (χ0) is 39.8. The monoisotopic (exact) mass is 732 g/mol. The lowest BCUT2D eigenvalue weighted by Crippen LogP contribution is -2.10. The van der Waals surface area contributed by atoms with Crippen molar-refractivity contribution in [2.24, 2.45) is 0 Å². The molecular formula is C43H37FO10. The molecule has 0 heterocycles.